The lowest BCUT2D eigenvalue weighted by Gasteiger charge is -2.17. The van der Waals surface area contributed by atoms with Gasteiger partial charge in [-0.25, -0.2) is 4.98 Å². The number of thiazole rings is 1. The monoisotopic (exact) mass is 363 g/mol. The highest BCUT2D eigenvalue weighted by atomic mass is 32.1. The topological polar surface area (TPSA) is 71.1 Å². The molecule has 0 fully saturated rings. The van der Waals surface area contributed by atoms with Crippen molar-refractivity contribution in [2.45, 2.75) is 19.4 Å². The van der Waals surface area contributed by atoms with Gasteiger partial charge in [-0.1, -0.05) is 30.3 Å². The standard InChI is InChI=1S/C20H17N3O2S/c24-18-9-7-14-10-15(6-8-17(14)23-18)19(25)21-11-16-12-26-20(22-16)13-4-2-1-3-5-13/h1-6,8,10,12H,7,9,11H2,(H,21,25)(H,23,24). The molecular formula is C20H17N3O2S. The molecule has 0 atom stereocenters. The van der Waals surface area contributed by atoms with Crippen LogP contribution in [0.1, 0.15) is 28.0 Å². The Morgan fingerprint density at radius 1 is 1.15 bits per heavy atom. The van der Waals surface area contributed by atoms with Crippen molar-refractivity contribution in [1.82, 2.24) is 10.3 Å². The van der Waals surface area contributed by atoms with E-state index in [4.69, 9.17) is 0 Å². The van der Waals surface area contributed by atoms with E-state index in [9.17, 15) is 9.59 Å². The Morgan fingerprint density at radius 2 is 2.00 bits per heavy atom. The van der Waals surface area contributed by atoms with Crippen LogP contribution < -0.4 is 10.6 Å². The largest absolute Gasteiger partial charge is 0.346 e. The highest BCUT2D eigenvalue weighted by Gasteiger charge is 2.16. The van der Waals surface area contributed by atoms with Crippen molar-refractivity contribution in [3.63, 3.8) is 0 Å². The number of rotatable bonds is 4. The van der Waals surface area contributed by atoms with E-state index >= 15 is 0 Å². The van der Waals surface area contributed by atoms with Gasteiger partial charge in [-0.15, -0.1) is 11.3 Å². The molecular weight excluding hydrogens is 346 g/mol. The minimum atomic E-state index is -0.140. The SMILES string of the molecule is O=C1CCc2cc(C(=O)NCc3csc(-c4ccccc4)n3)ccc2N1. The number of carbonyl (C=O) groups is 2. The van der Waals surface area contributed by atoms with Crippen molar-refractivity contribution in [1.29, 1.82) is 0 Å². The first-order chi connectivity index (χ1) is 12.7. The smallest absolute Gasteiger partial charge is 0.251 e. The van der Waals surface area contributed by atoms with Crippen LogP contribution in [0.3, 0.4) is 0 Å². The molecule has 2 heterocycles. The maximum absolute atomic E-state index is 12.4. The molecule has 0 spiro atoms. The lowest BCUT2D eigenvalue weighted by molar-refractivity contribution is -0.116. The van der Waals surface area contributed by atoms with Crippen LogP contribution in [0.25, 0.3) is 10.6 Å². The summed E-state index contributed by atoms with van der Waals surface area (Å²) in [5, 5.41) is 8.64. The van der Waals surface area contributed by atoms with Crippen LogP contribution in [0.5, 0.6) is 0 Å². The summed E-state index contributed by atoms with van der Waals surface area (Å²) >= 11 is 1.57. The van der Waals surface area contributed by atoms with E-state index in [0.717, 1.165) is 27.5 Å². The van der Waals surface area contributed by atoms with Gasteiger partial charge < -0.3 is 10.6 Å². The van der Waals surface area contributed by atoms with E-state index in [2.05, 4.69) is 15.6 Å². The predicted molar refractivity (Wildman–Crippen MR) is 102 cm³/mol. The minimum Gasteiger partial charge on any atom is -0.346 e. The van der Waals surface area contributed by atoms with Crippen LogP contribution in [0.2, 0.25) is 0 Å². The zero-order valence-electron chi connectivity index (χ0n) is 14.0. The third kappa shape index (κ3) is 3.50. The van der Waals surface area contributed by atoms with E-state index in [1.807, 2.05) is 41.8 Å². The van der Waals surface area contributed by atoms with E-state index < -0.39 is 0 Å². The molecule has 1 aromatic heterocycles. The van der Waals surface area contributed by atoms with Gasteiger partial charge >= 0.3 is 0 Å². The second kappa shape index (κ2) is 7.09. The minimum absolute atomic E-state index is 0.0208. The molecule has 2 N–H and O–H groups in total. The molecule has 1 aliphatic rings. The summed E-state index contributed by atoms with van der Waals surface area (Å²) in [4.78, 5) is 28.4. The molecule has 3 aromatic rings. The van der Waals surface area contributed by atoms with E-state index in [1.165, 1.54) is 0 Å². The third-order valence-electron chi connectivity index (χ3n) is 4.27. The fourth-order valence-corrected chi connectivity index (χ4v) is 3.72. The van der Waals surface area contributed by atoms with Gasteiger partial charge in [-0.05, 0) is 30.2 Å². The van der Waals surface area contributed by atoms with Crippen molar-refractivity contribution >= 4 is 28.8 Å². The first-order valence-electron chi connectivity index (χ1n) is 8.40. The van der Waals surface area contributed by atoms with Gasteiger partial charge in [-0.2, -0.15) is 0 Å². The normalized spacial score (nSPS) is 13.0. The Labute approximate surface area is 155 Å². The summed E-state index contributed by atoms with van der Waals surface area (Å²) in [6.45, 7) is 0.385. The lowest BCUT2D eigenvalue weighted by atomic mass is 10.00. The number of anilines is 1. The highest BCUT2D eigenvalue weighted by Crippen LogP contribution is 2.24. The molecule has 2 amide bonds. The zero-order chi connectivity index (χ0) is 17.9. The van der Waals surface area contributed by atoms with Gasteiger partial charge in [0.2, 0.25) is 5.91 Å². The average molecular weight is 363 g/mol. The molecule has 130 valence electrons. The Kier molecular flexibility index (Phi) is 4.50. The van der Waals surface area contributed by atoms with Crippen molar-refractivity contribution < 1.29 is 9.59 Å². The molecule has 0 bridgehead atoms. The number of nitrogens with one attached hydrogen (secondary N) is 2. The molecule has 26 heavy (non-hydrogen) atoms. The first kappa shape index (κ1) is 16.5. The molecule has 0 unspecified atom stereocenters. The van der Waals surface area contributed by atoms with Crippen LogP contribution in [-0.2, 0) is 17.8 Å². The molecule has 4 rings (SSSR count). The maximum Gasteiger partial charge on any atom is 0.251 e. The second-order valence-electron chi connectivity index (χ2n) is 6.11. The third-order valence-corrected chi connectivity index (χ3v) is 5.21. The summed E-state index contributed by atoms with van der Waals surface area (Å²) in [5.41, 5.74) is 4.31. The molecule has 6 heteroatoms. The van der Waals surface area contributed by atoms with Gasteiger partial charge in [0.15, 0.2) is 0 Å². The highest BCUT2D eigenvalue weighted by molar-refractivity contribution is 7.13. The van der Waals surface area contributed by atoms with Crippen LogP contribution in [-0.4, -0.2) is 16.8 Å². The maximum atomic E-state index is 12.4. The quantitative estimate of drug-likeness (QED) is 0.744. The molecule has 0 aliphatic carbocycles. The number of nitrogens with zero attached hydrogens (tertiary/aromatic N) is 1. The molecule has 1 aliphatic heterocycles. The van der Waals surface area contributed by atoms with E-state index in [1.54, 1.807) is 23.5 Å². The number of aromatic nitrogens is 1. The summed E-state index contributed by atoms with van der Waals surface area (Å²) in [7, 11) is 0. The molecule has 0 radical (unpaired) electrons. The number of hydrogen-bond acceptors (Lipinski definition) is 4. The summed E-state index contributed by atoms with van der Waals surface area (Å²) in [6.07, 6.45) is 1.12. The molecule has 5 nitrogen and oxygen atoms in total. The summed E-state index contributed by atoms with van der Waals surface area (Å²) in [5.74, 6) is -0.119. The fraction of sp³-hybridized carbons (Fsp3) is 0.150. The Bertz CT molecular complexity index is 966. The van der Waals surface area contributed by atoms with Gasteiger partial charge in [-0.3, -0.25) is 9.59 Å². The molecule has 0 saturated heterocycles. The van der Waals surface area contributed by atoms with Crippen LogP contribution in [0.15, 0.2) is 53.9 Å². The Balaban J connectivity index is 1.42. The van der Waals surface area contributed by atoms with Crippen molar-refractivity contribution in [2.75, 3.05) is 5.32 Å². The summed E-state index contributed by atoms with van der Waals surface area (Å²) in [6, 6.07) is 15.4. The zero-order valence-corrected chi connectivity index (χ0v) is 14.8. The number of fused-ring (bicyclic) bond motifs is 1. The van der Waals surface area contributed by atoms with Crippen LogP contribution in [0, 0.1) is 0 Å². The van der Waals surface area contributed by atoms with Crippen molar-refractivity contribution in [2.24, 2.45) is 0 Å². The molecule has 0 saturated carbocycles. The van der Waals surface area contributed by atoms with E-state index in [0.29, 0.717) is 24.9 Å². The number of hydrogen-bond donors (Lipinski definition) is 2. The number of amides is 2. The second-order valence-corrected chi connectivity index (χ2v) is 6.97. The van der Waals surface area contributed by atoms with Gasteiger partial charge in [0, 0.05) is 28.6 Å². The average Bonchev–Trinajstić information content (AvgIpc) is 3.15. The van der Waals surface area contributed by atoms with E-state index in [-0.39, 0.29) is 11.8 Å². The Morgan fingerprint density at radius 3 is 2.85 bits per heavy atom. The predicted octanol–water partition coefficient (Wildman–Crippen LogP) is 3.62. The fourth-order valence-electron chi connectivity index (χ4n) is 2.90. The Hall–Kier alpha value is -2.99. The van der Waals surface area contributed by atoms with Crippen LogP contribution >= 0.6 is 11.3 Å². The molecule has 2 aromatic carbocycles. The van der Waals surface area contributed by atoms with Crippen LogP contribution in [0.4, 0.5) is 5.69 Å². The lowest BCUT2D eigenvalue weighted by Crippen LogP contribution is -2.24. The number of benzene rings is 2. The van der Waals surface area contributed by atoms with Gasteiger partial charge in [0.25, 0.3) is 5.91 Å². The van der Waals surface area contributed by atoms with Gasteiger partial charge in [0.05, 0.1) is 12.2 Å². The summed E-state index contributed by atoms with van der Waals surface area (Å²) < 4.78 is 0. The number of aryl methyl sites for hydroxylation is 1. The van der Waals surface area contributed by atoms with Crippen molar-refractivity contribution in [3.05, 3.63) is 70.7 Å². The van der Waals surface area contributed by atoms with Crippen molar-refractivity contribution in [3.8, 4) is 10.6 Å². The number of carbonyl (C=O) groups excluding carboxylic acids is 2. The first-order valence-corrected chi connectivity index (χ1v) is 9.28. The van der Waals surface area contributed by atoms with Gasteiger partial charge in [0.1, 0.15) is 5.01 Å².